The third kappa shape index (κ3) is 11.9. The van der Waals surface area contributed by atoms with Crippen molar-refractivity contribution in [2.45, 2.75) is 19.0 Å². The SMILES string of the molecule is O=P(O)(Cc1ccc(N=C=S)cc1)CP(=O)(O)CN1CCCNCCNCCCNCC1. The van der Waals surface area contributed by atoms with Crippen LogP contribution in [-0.4, -0.2) is 84.4 Å². The van der Waals surface area contributed by atoms with Crippen LogP contribution in [0, 0.1) is 0 Å². The lowest BCUT2D eigenvalue weighted by molar-refractivity contribution is 0.294. The monoisotopic (exact) mass is 503 g/mol. The number of rotatable bonds is 7. The fourth-order valence-corrected chi connectivity index (χ4v) is 8.89. The summed E-state index contributed by atoms with van der Waals surface area (Å²) in [4.78, 5) is 26.8. The lowest BCUT2D eigenvalue weighted by Crippen LogP contribution is -2.37. The van der Waals surface area contributed by atoms with Gasteiger partial charge in [0.15, 0.2) is 0 Å². The van der Waals surface area contributed by atoms with Gasteiger partial charge in [0.1, 0.15) is 5.90 Å². The van der Waals surface area contributed by atoms with Crippen LogP contribution in [-0.2, 0) is 15.3 Å². The molecular weight excluding hydrogens is 468 g/mol. The van der Waals surface area contributed by atoms with E-state index in [9.17, 15) is 18.9 Å². The first-order chi connectivity index (χ1) is 15.3. The Hall–Kier alpha value is -0.760. The van der Waals surface area contributed by atoms with Crippen LogP contribution < -0.4 is 16.0 Å². The number of aliphatic imine (C=N–C) groups is 1. The van der Waals surface area contributed by atoms with Crippen LogP contribution in [0.1, 0.15) is 18.4 Å². The van der Waals surface area contributed by atoms with E-state index in [1.807, 2.05) is 4.90 Å². The maximum atomic E-state index is 12.9. The molecule has 1 heterocycles. The lowest BCUT2D eigenvalue weighted by Gasteiger charge is -2.26. The van der Waals surface area contributed by atoms with Crippen LogP contribution in [0.15, 0.2) is 29.3 Å². The van der Waals surface area contributed by atoms with E-state index in [1.54, 1.807) is 24.3 Å². The molecule has 0 amide bonds. The fourth-order valence-electron chi connectivity index (χ4n) is 3.57. The molecule has 0 aromatic heterocycles. The molecule has 5 N–H and O–H groups in total. The number of isothiocyanates is 1. The molecule has 0 saturated carbocycles. The van der Waals surface area contributed by atoms with E-state index in [0.29, 0.717) is 30.9 Å². The second kappa shape index (κ2) is 14.5. The van der Waals surface area contributed by atoms with E-state index in [0.717, 1.165) is 45.6 Å². The van der Waals surface area contributed by atoms with Crippen LogP contribution >= 0.6 is 27.0 Å². The van der Waals surface area contributed by atoms with Crippen molar-refractivity contribution in [2.24, 2.45) is 4.99 Å². The number of nitrogens with zero attached hydrogens (tertiary/aromatic N) is 2. The molecule has 1 aromatic carbocycles. The molecule has 1 aliphatic heterocycles. The Kier molecular flexibility index (Phi) is 12.4. The Labute approximate surface area is 196 Å². The van der Waals surface area contributed by atoms with Gasteiger partial charge in [-0.1, -0.05) is 12.1 Å². The Morgan fingerprint density at radius 3 is 2.19 bits per heavy atom. The molecule has 0 aliphatic carbocycles. The molecule has 2 rings (SSSR count). The number of hydrogen-bond acceptors (Lipinski definition) is 8. The van der Waals surface area contributed by atoms with Crippen molar-refractivity contribution in [3.05, 3.63) is 29.8 Å². The van der Waals surface area contributed by atoms with Gasteiger partial charge in [-0.3, -0.25) is 14.0 Å². The topological polar surface area (TPSA) is 126 Å². The molecule has 2 unspecified atom stereocenters. The highest BCUT2D eigenvalue weighted by Gasteiger charge is 2.32. The van der Waals surface area contributed by atoms with Gasteiger partial charge in [-0.15, -0.1) is 0 Å². The van der Waals surface area contributed by atoms with Crippen LogP contribution in [0.5, 0.6) is 0 Å². The zero-order valence-electron chi connectivity index (χ0n) is 18.4. The van der Waals surface area contributed by atoms with Gasteiger partial charge in [0, 0.05) is 26.2 Å². The zero-order chi connectivity index (χ0) is 23.3. The van der Waals surface area contributed by atoms with E-state index in [-0.39, 0.29) is 12.4 Å². The summed E-state index contributed by atoms with van der Waals surface area (Å²) in [5.41, 5.74) is 1.22. The quantitative estimate of drug-likeness (QED) is 0.216. The van der Waals surface area contributed by atoms with Crippen LogP contribution in [0.2, 0.25) is 0 Å². The predicted molar refractivity (Wildman–Crippen MR) is 134 cm³/mol. The van der Waals surface area contributed by atoms with Crippen LogP contribution in [0.25, 0.3) is 0 Å². The fraction of sp³-hybridized carbons (Fsp3) is 0.650. The molecule has 1 aliphatic rings. The normalized spacial score (nSPS) is 21.4. The van der Waals surface area contributed by atoms with Gasteiger partial charge >= 0.3 is 0 Å². The van der Waals surface area contributed by atoms with Crippen LogP contribution in [0.4, 0.5) is 5.69 Å². The molecular formula is C20H35N5O4P2S. The van der Waals surface area contributed by atoms with Gasteiger partial charge in [0.05, 0.1) is 23.3 Å². The first-order valence-corrected chi connectivity index (χ1v) is 15.4. The number of benzene rings is 1. The second-order valence-corrected chi connectivity index (χ2v) is 13.4. The number of hydrogen-bond donors (Lipinski definition) is 5. The minimum atomic E-state index is -3.83. The molecule has 32 heavy (non-hydrogen) atoms. The molecule has 1 aromatic rings. The smallest absolute Gasteiger partial charge is 0.223 e. The van der Waals surface area contributed by atoms with Crippen molar-refractivity contribution < 1.29 is 18.9 Å². The average molecular weight is 504 g/mol. The molecule has 9 nitrogen and oxygen atoms in total. The third-order valence-electron chi connectivity index (χ3n) is 5.02. The molecule has 0 bridgehead atoms. The van der Waals surface area contributed by atoms with E-state index >= 15 is 0 Å². The summed E-state index contributed by atoms with van der Waals surface area (Å²) in [6.45, 7) is 6.45. The molecule has 0 radical (unpaired) electrons. The summed E-state index contributed by atoms with van der Waals surface area (Å²) < 4.78 is 25.7. The molecule has 1 fully saturated rings. The highest BCUT2D eigenvalue weighted by Crippen LogP contribution is 2.58. The summed E-state index contributed by atoms with van der Waals surface area (Å²) in [5, 5.41) is 12.4. The van der Waals surface area contributed by atoms with Crippen molar-refractivity contribution >= 4 is 37.8 Å². The van der Waals surface area contributed by atoms with Gasteiger partial charge in [-0.2, -0.15) is 4.99 Å². The second-order valence-electron chi connectivity index (χ2n) is 8.08. The van der Waals surface area contributed by atoms with Crippen molar-refractivity contribution in [3.8, 4) is 0 Å². The van der Waals surface area contributed by atoms with Gasteiger partial charge < -0.3 is 25.7 Å². The maximum Gasteiger partial charge on any atom is 0.223 e. The van der Waals surface area contributed by atoms with Gasteiger partial charge in [-0.25, -0.2) is 0 Å². The molecule has 12 heteroatoms. The number of thiocarbonyl (C=S) groups is 1. The molecule has 1 saturated heterocycles. The zero-order valence-corrected chi connectivity index (χ0v) is 21.0. The summed E-state index contributed by atoms with van der Waals surface area (Å²) in [6.07, 6.45) is 1.63. The maximum absolute atomic E-state index is 12.9. The van der Waals surface area contributed by atoms with E-state index < -0.39 is 20.6 Å². The third-order valence-corrected chi connectivity index (χ3v) is 10.4. The van der Waals surface area contributed by atoms with E-state index in [2.05, 4.69) is 38.3 Å². The minimum absolute atomic E-state index is 0.0803. The van der Waals surface area contributed by atoms with Crippen molar-refractivity contribution in [3.63, 3.8) is 0 Å². The number of nitrogens with one attached hydrogen (secondary N) is 3. The largest absolute Gasteiger partial charge is 0.344 e. The van der Waals surface area contributed by atoms with E-state index in [1.165, 1.54) is 0 Å². The van der Waals surface area contributed by atoms with E-state index in [4.69, 9.17) is 0 Å². The molecule has 180 valence electrons. The molecule has 2 atom stereocenters. The minimum Gasteiger partial charge on any atom is -0.344 e. The average Bonchev–Trinajstić information content (AvgIpc) is 2.71. The Morgan fingerprint density at radius 1 is 0.906 bits per heavy atom. The van der Waals surface area contributed by atoms with Crippen molar-refractivity contribution in [1.29, 1.82) is 0 Å². The first kappa shape index (κ1) is 27.5. The van der Waals surface area contributed by atoms with Crippen molar-refractivity contribution in [1.82, 2.24) is 20.9 Å². The molecule has 0 spiro atoms. The van der Waals surface area contributed by atoms with Crippen LogP contribution in [0.3, 0.4) is 0 Å². The Bertz CT molecular complexity index is 822. The van der Waals surface area contributed by atoms with Crippen molar-refractivity contribution in [2.75, 3.05) is 64.5 Å². The summed E-state index contributed by atoms with van der Waals surface area (Å²) in [5.74, 6) is -0.590. The highest BCUT2D eigenvalue weighted by molar-refractivity contribution is 7.78. The summed E-state index contributed by atoms with van der Waals surface area (Å²) in [6, 6.07) is 6.69. The summed E-state index contributed by atoms with van der Waals surface area (Å²) >= 11 is 4.56. The Morgan fingerprint density at radius 2 is 1.53 bits per heavy atom. The highest BCUT2D eigenvalue weighted by atomic mass is 32.1. The standard InChI is InChI=1S/C20H35N5O4P2S/c26-30(27,15-19-3-5-20(6-4-19)24-16-32)18-31(28,29)17-25-13-2-9-22-11-10-21-7-1-8-23-12-14-25/h3-6,21-23H,1-2,7-15,17-18H2,(H,26,27)(H,28,29). The summed E-state index contributed by atoms with van der Waals surface area (Å²) in [7, 11) is -7.65. The van der Waals surface area contributed by atoms with Gasteiger partial charge in [0.2, 0.25) is 14.7 Å². The Balaban J connectivity index is 1.92. The lowest BCUT2D eigenvalue weighted by atomic mass is 10.2. The first-order valence-electron chi connectivity index (χ1n) is 10.9. The predicted octanol–water partition coefficient (Wildman–Crippen LogP) is 2.24. The van der Waals surface area contributed by atoms with Gasteiger partial charge in [-0.05, 0) is 68.9 Å². The van der Waals surface area contributed by atoms with Gasteiger partial charge in [0.25, 0.3) is 0 Å².